The molecule has 1 aliphatic heterocycles. The monoisotopic (exact) mass is 315 g/mol. The zero-order chi connectivity index (χ0) is 16.2. The Morgan fingerprint density at radius 3 is 2.87 bits per heavy atom. The lowest BCUT2D eigenvalue weighted by atomic mass is 9.91. The van der Waals surface area contributed by atoms with Crippen LogP contribution in [0.5, 0.6) is 0 Å². The van der Waals surface area contributed by atoms with Crippen LogP contribution in [-0.4, -0.2) is 33.9 Å². The number of hydrogen-bond acceptors (Lipinski definition) is 2. The number of nitrogens with zero attached hydrogens (tertiary/aromatic N) is 2. The van der Waals surface area contributed by atoms with E-state index in [0.29, 0.717) is 11.6 Å². The SMILES string of the molecule is Cc1[nH]cnc1C(=O)N1CCC[C@@H](CCc2ccc(F)cc2)C1. The van der Waals surface area contributed by atoms with E-state index < -0.39 is 0 Å². The first kappa shape index (κ1) is 15.7. The first-order valence-electron chi connectivity index (χ1n) is 8.17. The van der Waals surface area contributed by atoms with Gasteiger partial charge in [-0.1, -0.05) is 12.1 Å². The van der Waals surface area contributed by atoms with Crippen molar-refractivity contribution in [2.75, 3.05) is 13.1 Å². The number of nitrogens with one attached hydrogen (secondary N) is 1. The number of rotatable bonds is 4. The van der Waals surface area contributed by atoms with Crippen LogP contribution in [0.25, 0.3) is 0 Å². The van der Waals surface area contributed by atoms with Gasteiger partial charge in [0.25, 0.3) is 5.91 Å². The van der Waals surface area contributed by atoms with Gasteiger partial charge in [0.15, 0.2) is 0 Å². The predicted molar refractivity (Wildman–Crippen MR) is 86.7 cm³/mol. The van der Waals surface area contributed by atoms with Gasteiger partial charge < -0.3 is 9.88 Å². The highest BCUT2D eigenvalue weighted by molar-refractivity contribution is 5.93. The second-order valence-electron chi connectivity index (χ2n) is 6.30. The number of hydrogen-bond donors (Lipinski definition) is 1. The number of carbonyl (C=O) groups excluding carboxylic acids is 1. The Bertz CT molecular complexity index is 665. The van der Waals surface area contributed by atoms with Crippen molar-refractivity contribution in [1.82, 2.24) is 14.9 Å². The van der Waals surface area contributed by atoms with Crippen LogP contribution in [0, 0.1) is 18.7 Å². The highest BCUT2D eigenvalue weighted by Crippen LogP contribution is 2.23. The maximum absolute atomic E-state index is 12.9. The van der Waals surface area contributed by atoms with Crippen molar-refractivity contribution >= 4 is 5.91 Å². The average Bonchev–Trinajstić information content (AvgIpc) is 3.00. The zero-order valence-corrected chi connectivity index (χ0v) is 13.4. The fraction of sp³-hybridized carbons (Fsp3) is 0.444. The molecule has 23 heavy (non-hydrogen) atoms. The number of halogens is 1. The highest BCUT2D eigenvalue weighted by atomic mass is 19.1. The molecule has 4 nitrogen and oxygen atoms in total. The highest BCUT2D eigenvalue weighted by Gasteiger charge is 2.26. The minimum atomic E-state index is -0.197. The second-order valence-corrected chi connectivity index (χ2v) is 6.30. The summed E-state index contributed by atoms with van der Waals surface area (Å²) in [4.78, 5) is 21.6. The molecule has 122 valence electrons. The molecule has 0 unspecified atom stereocenters. The summed E-state index contributed by atoms with van der Waals surface area (Å²) in [5.41, 5.74) is 2.51. The molecule has 1 atom stereocenters. The third-order valence-corrected chi connectivity index (χ3v) is 4.59. The Balaban J connectivity index is 1.57. The lowest BCUT2D eigenvalue weighted by molar-refractivity contribution is 0.0662. The molecule has 5 heteroatoms. The quantitative estimate of drug-likeness (QED) is 0.940. The van der Waals surface area contributed by atoms with Crippen molar-refractivity contribution < 1.29 is 9.18 Å². The zero-order valence-electron chi connectivity index (χ0n) is 13.4. The summed E-state index contributed by atoms with van der Waals surface area (Å²) in [6, 6.07) is 6.70. The molecule has 1 aliphatic rings. The first-order valence-corrected chi connectivity index (χ1v) is 8.17. The van der Waals surface area contributed by atoms with E-state index >= 15 is 0 Å². The van der Waals surface area contributed by atoms with E-state index in [1.165, 1.54) is 12.1 Å². The number of aryl methyl sites for hydroxylation is 2. The van der Waals surface area contributed by atoms with Gasteiger partial charge >= 0.3 is 0 Å². The van der Waals surface area contributed by atoms with Crippen molar-refractivity contribution in [2.45, 2.75) is 32.6 Å². The van der Waals surface area contributed by atoms with Gasteiger partial charge in [0.1, 0.15) is 11.5 Å². The van der Waals surface area contributed by atoms with Crippen molar-refractivity contribution in [2.24, 2.45) is 5.92 Å². The molecule has 1 aromatic carbocycles. The molecule has 0 radical (unpaired) electrons. The van der Waals surface area contributed by atoms with Gasteiger partial charge in [0.05, 0.1) is 6.33 Å². The molecular weight excluding hydrogens is 293 g/mol. The van der Waals surface area contributed by atoms with E-state index in [0.717, 1.165) is 50.0 Å². The summed E-state index contributed by atoms with van der Waals surface area (Å²) in [7, 11) is 0. The lowest BCUT2D eigenvalue weighted by Gasteiger charge is -2.32. The van der Waals surface area contributed by atoms with E-state index in [1.54, 1.807) is 6.33 Å². The number of imidazole rings is 1. The molecule has 0 saturated carbocycles. The van der Waals surface area contributed by atoms with Crippen LogP contribution in [0.15, 0.2) is 30.6 Å². The van der Waals surface area contributed by atoms with Crippen molar-refractivity contribution in [1.29, 1.82) is 0 Å². The number of carbonyl (C=O) groups is 1. The Kier molecular flexibility index (Phi) is 4.74. The van der Waals surface area contributed by atoms with Gasteiger partial charge in [-0.05, 0) is 56.2 Å². The fourth-order valence-corrected chi connectivity index (χ4v) is 3.23. The molecule has 2 aromatic rings. The normalized spacial score (nSPS) is 18.2. The van der Waals surface area contributed by atoms with E-state index in [9.17, 15) is 9.18 Å². The molecule has 0 aliphatic carbocycles. The predicted octanol–water partition coefficient (Wildman–Crippen LogP) is 3.34. The maximum atomic E-state index is 12.9. The number of amides is 1. The average molecular weight is 315 g/mol. The first-order chi connectivity index (χ1) is 11.1. The molecule has 1 amide bonds. The molecule has 1 fully saturated rings. The van der Waals surface area contributed by atoms with Crippen molar-refractivity contribution in [3.05, 3.63) is 53.4 Å². The third-order valence-electron chi connectivity index (χ3n) is 4.59. The summed E-state index contributed by atoms with van der Waals surface area (Å²) < 4.78 is 12.9. The van der Waals surface area contributed by atoms with Crippen LogP contribution >= 0.6 is 0 Å². The van der Waals surface area contributed by atoms with E-state index in [2.05, 4.69) is 9.97 Å². The summed E-state index contributed by atoms with van der Waals surface area (Å²) in [5.74, 6) is 0.324. The van der Waals surface area contributed by atoms with Crippen LogP contribution in [-0.2, 0) is 6.42 Å². The number of H-pyrrole nitrogens is 1. The Morgan fingerprint density at radius 1 is 1.39 bits per heavy atom. The van der Waals surface area contributed by atoms with E-state index in [-0.39, 0.29) is 11.7 Å². The van der Waals surface area contributed by atoms with Crippen LogP contribution in [0.2, 0.25) is 0 Å². The van der Waals surface area contributed by atoms with Crippen LogP contribution < -0.4 is 0 Å². The third kappa shape index (κ3) is 3.78. The van der Waals surface area contributed by atoms with E-state index in [4.69, 9.17) is 0 Å². The molecule has 0 bridgehead atoms. The van der Waals surface area contributed by atoms with Gasteiger partial charge in [0.2, 0.25) is 0 Å². The van der Waals surface area contributed by atoms with Gasteiger partial charge in [0, 0.05) is 18.8 Å². The maximum Gasteiger partial charge on any atom is 0.274 e. The molecule has 1 N–H and O–H groups in total. The standard InChI is InChI=1S/C18H22FN3O/c1-13-17(21-12-20-13)18(23)22-10-2-3-15(11-22)5-4-14-6-8-16(19)9-7-14/h6-9,12,15H,2-5,10-11H2,1H3,(H,20,21)/t15-/m0/s1. The van der Waals surface area contributed by atoms with E-state index in [1.807, 2.05) is 24.0 Å². The molecule has 2 heterocycles. The summed E-state index contributed by atoms with van der Waals surface area (Å²) in [6.07, 6.45) is 5.69. The Hall–Kier alpha value is -2.17. The van der Waals surface area contributed by atoms with Gasteiger partial charge in [-0.3, -0.25) is 4.79 Å². The fourth-order valence-electron chi connectivity index (χ4n) is 3.23. The topological polar surface area (TPSA) is 49.0 Å². The number of aromatic nitrogens is 2. The summed E-state index contributed by atoms with van der Waals surface area (Å²) in [5, 5.41) is 0. The molecule has 1 saturated heterocycles. The van der Waals surface area contributed by atoms with Crippen molar-refractivity contribution in [3.63, 3.8) is 0 Å². The largest absolute Gasteiger partial charge is 0.348 e. The number of benzene rings is 1. The summed E-state index contributed by atoms with van der Waals surface area (Å²) >= 11 is 0. The number of aromatic amines is 1. The molecule has 3 rings (SSSR count). The van der Waals surface area contributed by atoms with Gasteiger partial charge in [-0.25, -0.2) is 9.37 Å². The van der Waals surface area contributed by atoms with Crippen LogP contribution in [0.4, 0.5) is 4.39 Å². The summed E-state index contributed by atoms with van der Waals surface area (Å²) in [6.45, 7) is 3.46. The second kappa shape index (κ2) is 6.94. The Labute approximate surface area is 135 Å². The molecule has 1 aromatic heterocycles. The smallest absolute Gasteiger partial charge is 0.274 e. The molecular formula is C18H22FN3O. The van der Waals surface area contributed by atoms with Gasteiger partial charge in [-0.15, -0.1) is 0 Å². The minimum Gasteiger partial charge on any atom is -0.348 e. The molecule has 0 spiro atoms. The number of likely N-dealkylation sites (tertiary alicyclic amines) is 1. The lowest BCUT2D eigenvalue weighted by Crippen LogP contribution is -2.40. The number of piperidine rings is 1. The minimum absolute atomic E-state index is 0.0234. The van der Waals surface area contributed by atoms with Gasteiger partial charge in [-0.2, -0.15) is 0 Å². The van der Waals surface area contributed by atoms with Crippen LogP contribution in [0.3, 0.4) is 0 Å². The van der Waals surface area contributed by atoms with Crippen LogP contribution in [0.1, 0.15) is 41.0 Å². The Morgan fingerprint density at radius 2 is 2.17 bits per heavy atom. The van der Waals surface area contributed by atoms with Crippen molar-refractivity contribution in [3.8, 4) is 0 Å².